The van der Waals surface area contributed by atoms with E-state index in [1.165, 1.54) is 11.1 Å². The number of aromatic nitrogens is 2. The van der Waals surface area contributed by atoms with Gasteiger partial charge >= 0.3 is 0 Å². The molecule has 0 saturated heterocycles. The van der Waals surface area contributed by atoms with Gasteiger partial charge in [0.1, 0.15) is 10.0 Å². The third kappa shape index (κ3) is 3.37. The van der Waals surface area contributed by atoms with Crippen molar-refractivity contribution < 1.29 is 0 Å². The van der Waals surface area contributed by atoms with Gasteiger partial charge in [-0.3, -0.25) is 0 Å². The largest absolute Gasteiger partial charge is 0.314 e. The summed E-state index contributed by atoms with van der Waals surface area (Å²) >= 11 is 1.69. The smallest absolute Gasteiger partial charge is 0.148 e. The molecule has 0 spiro atoms. The summed E-state index contributed by atoms with van der Waals surface area (Å²) in [7, 11) is 0. The van der Waals surface area contributed by atoms with Crippen LogP contribution in [0.4, 0.5) is 0 Å². The predicted molar refractivity (Wildman–Crippen MR) is 76.9 cm³/mol. The number of rotatable bonds is 5. The van der Waals surface area contributed by atoms with Gasteiger partial charge in [-0.25, -0.2) is 0 Å². The maximum absolute atomic E-state index is 4.29. The summed E-state index contributed by atoms with van der Waals surface area (Å²) in [5.41, 5.74) is 2.44. The number of benzene rings is 1. The molecule has 1 aromatic carbocycles. The van der Waals surface area contributed by atoms with E-state index in [1.54, 1.807) is 11.3 Å². The minimum absolute atomic E-state index is 0.522. The van der Waals surface area contributed by atoms with Gasteiger partial charge in [-0.2, -0.15) is 0 Å². The molecular weight excluding hydrogens is 242 g/mol. The van der Waals surface area contributed by atoms with Crippen LogP contribution in [-0.4, -0.2) is 22.8 Å². The fourth-order valence-electron chi connectivity index (χ4n) is 1.74. The molecule has 2 rings (SSSR count). The Bertz CT molecular complexity index is 505. The average Bonchev–Trinajstić information content (AvgIpc) is 2.78. The highest BCUT2D eigenvalue weighted by Crippen LogP contribution is 2.26. The lowest BCUT2D eigenvalue weighted by Crippen LogP contribution is -2.24. The first-order valence-electron chi connectivity index (χ1n) is 6.28. The Kier molecular flexibility index (Phi) is 4.44. The summed E-state index contributed by atoms with van der Waals surface area (Å²) in [5.74, 6) is 0. The second-order valence-electron chi connectivity index (χ2n) is 4.67. The molecule has 4 heteroatoms. The third-order valence-electron chi connectivity index (χ3n) is 2.73. The molecule has 1 aromatic heterocycles. The lowest BCUT2D eigenvalue weighted by Gasteiger charge is -2.05. The molecule has 3 nitrogen and oxygen atoms in total. The molecule has 0 bridgehead atoms. The lowest BCUT2D eigenvalue weighted by atomic mass is 10.1. The second-order valence-corrected chi connectivity index (χ2v) is 5.74. The van der Waals surface area contributed by atoms with Gasteiger partial charge in [0.25, 0.3) is 0 Å². The fraction of sp³-hybridized carbons (Fsp3) is 0.429. The van der Waals surface area contributed by atoms with Crippen LogP contribution >= 0.6 is 11.3 Å². The SMILES string of the molecule is Cc1ccccc1-c1nnc(CCNC(C)C)s1. The third-order valence-corrected chi connectivity index (χ3v) is 3.75. The van der Waals surface area contributed by atoms with E-state index in [-0.39, 0.29) is 0 Å². The Labute approximate surface area is 112 Å². The van der Waals surface area contributed by atoms with Gasteiger partial charge in [-0.15, -0.1) is 10.2 Å². The molecule has 1 N–H and O–H groups in total. The number of hydrogen-bond acceptors (Lipinski definition) is 4. The normalized spacial score (nSPS) is 11.1. The van der Waals surface area contributed by atoms with Crippen LogP contribution in [0.3, 0.4) is 0 Å². The van der Waals surface area contributed by atoms with E-state index in [1.807, 2.05) is 12.1 Å². The van der Waals surface area contributed by atoms with Crippen molar-refractivity contribution >= 4 is 11.3 Å². The molecule has 0 aliphatic rings. The van der Waals surface area contributed by atoms with E-state index < -0.39 is 0 Å². The quantitative estimate of drug-likeness (QED) is 0.899. The molecule has 2 aromatic rings. The van der Waals surface area contributed by atoms with Gasteiger partial charge in [-0.1, -0.05) is 49.4 Å². The Balaban J connectivity index is 2.04. The van der Waals surface area contributed by atoms with Crippen molar-refractivity contribution in [2.75, 3.05) is 6.54 Å². The van der Waals surface area contributed by atoms with E-state index in [9.17, 15) is 0 Å². The van der Waals surface area contributed by atoms with Gasteiger partial charge in [0.15, 0.2) is 0 Å². The minimum Gasteiger partial charge on any atom is -0.314 e. The highest BCUT2D eigenvalue weighted by atomic mass is 32.1. The van der Waals surface area contributed by atoms with Crippen LogP contribution in [-0.2, 0) is 6.42 Å². The Morgan fingerprint density at radius 3 is 2.72 bits per heavy atom. The standard InChI is InChI=1S/C14H19N3S/c1-10(2)15-9-8-13-16-17-14(18-13)12-7-5-4-6-11(12)3/h4-7,10,15H,8-9H2,1-3H3. The van der Waals surface area contributed by atoms with Crippen molar-refractivity contribution in [2.45, 2.75) is 33.2 Å². The first-order valence-corrected chi connectivity index (χ1v) is 7.10. The maximum Gasteiger partial charge on any atom is 0.148 e. The first-order chi connectivity index (χ1) is 8.66. The summed E-state index contributed by atoms with van der Waals surface area (Å²) in [6.45, 7) is 7.37. The maximum atomic E-state index is 4.29. The van der Waals surface area contributed by atoms with E-state index in [2.05, 4.69) is 48.4 Å². The Morgan fingerprint density at radius 2 is 2.00 bits per heavy atom. The lowest BCUT2D eigenvalue weighted by molar-refractivity contribution is 0.588. The van der Waals surface area contributed by atoms with Gasteiger partial charge in [0.05, 0.1) is 0 Å². The molecule has 1 heterocycles. The van der Waals surface area contributed by atoms with E-state index >= 15 is 0 Å². The summed E-state index contributed by atoms with van der Waals surface area (Å²) < 4.78 is 0. The van der Waals surface area contributed by atoms with Crippen molar-refractivity contribution in [1.82, 2.24) is 15.5 Å². The van der Waals surface area contributed by atoms with Crippen LogP contribution in [0.25, 0.3) is 10.6 Å². The highest BCUT2D eigenvalue weighted by Gasteiger charge is 2.08. The number of aryl methyl sites for hydroxylation is 1. The minimum atomic E-state index is 0.522. The molecule has 0 saturated carbocycles. The van der Waals surface area contributed by atoms with E-state index in [0.717, 1.165) is 23.0 Å². The van der Waals surface area contributed by atoms with Crippen molar-refractivity contribution in [3.63, 3.8) is 0 Å². The fourth-order valence-corrected chi connectivity index (χ4v) is 2.67. The highest BCUT2D eigenvalue weighted by molar-refractivity contribution is 7.14. The number of nitrogens with one attached hydrogen (secondary N) is 1. The summed E-state index contributed by atoms with van der Waals surface area (Å²) in [6, 6.07) is 8.83. The van der Waals surface area contributed by atoms with Gasteiger partial charge in [0.2, 0.25) is 0 Å². The van der Waals surface area contributed by atoms with Gasteiger partial charge < -0.3 is 5.32 Å². The van der Waals surface area contributed by atoms with Gasteiger partial charge in [0, 0.05) is 24.6 Å². The topological polar surface area (TPSA) is 37.8 Å². The predicted octanol–water partition coefficient (Wildman–Crippen LogP) is 3.05. The molecule has 0 atom stereocenters. The van der Waals surface area contributed by atoms with Crippen molar-refractivity contribution in [2.24, 2.45) is 0 Å². The summed E-state index contributed by atoms with van der Waals surface area (Å²) in [5, 5.41) is 14.1. The first kappa shape index (κ1) is 13.2. The molecule has 18 heavy (non-hydrogen) atoms. The average molecular weight is 261 g/mol. The van der Waals surface area contributed by atoms with Crippen LogP contribution in [0.15, 0.2) is 24.3 Å². The molecular formula is C14H19N3S. The van der Waals surface area contributed by atoms with Gasteiger partial charge in [-0.05, 0) is 12.5 Å². The zero-order valence-corrected chi connectivity index (χ0v) is 11.9. The molecule has 0 amide bonds. The van der Waals surface area contributed by atoms with Crippen molar-refractivity contribution in [1.29, 1.82) is 0 Å². The number of nitrogens with zero attached hydrogens (tertiary/aromatic N) is 2. The van der Waals surface area contributed by atoms with Crippen LogP contribution in [0.1, 0.15) is 24.4 Å². The van der Waals surface area contributed by atoms with Crippen molar-refractivity contribution in [3.8, 4) is 10.6 Å². The number of hydrogen-bond donors (Lipinski definition) is 1. The zero-order chi connectivity index (χ0) is 13.0. The molecule has 0 aliphatic carbocycles. The van der Waals surface area contributed by atoms with Crippen LogP contribution in [0.2, 0.25) is 0 Å². The second kappa shape index (κ2) is 6.07. The summed E-state index contributed by atoms with van der Waals surface area (Å²) in [6.07, 6.45) is 0.946. The van der Waals surface area contributed by atoms with E-state index in [4.69, 9.17) is 0 Å². The van der Waals surface area contributed by atoms with Crippen LogP contribution in [0, 0.1) is 6.92 Å². The summed E-state index contributed by atoms with van der Waals surface area (Å²) in [4.78, 5) is 0. The van der Waals surface area contributed by atoms with Crippen molar-refractivity contribution in [3.05, 3.63) is 34.8 Å². The molecule has 0 aliphatic heterocycles. The zero-order valence-electron chi connectivity index (χ0n) is 11.1. The molecule has 0 radical (unpaired) electrons. The molecule has 0 unspecified atom stereocenters. The monoisotopic (exact) mass is 261 g/mol. The Hall–Kier alpha value is -1.26. The molecule has 0 fully saturated rings. The Morgan fingerprint density at radius 1 is 1.22 bits per heavy atom. The van der Waals surface area contributed by atoms with E-state index in [0.29, 0.717) is 6.04 Å². The van der Waals surface area contributed by atoms with Crippen LogP contribution in [0.5, 0.6) is 0 Å². The molecule has 96 valence electrons. The van der Waals surface area contributed by atoms with Crippen LogP contribution < -0.4 is 5.32 Å².